The van der Waals surface area contributed by atoms with Gasteiger partial charge in [0.1, 0.15) is 15.6 Å². The number of hydrogen-bond donors (Lipinski definition) is 2. The monoisotopic (exact) mass is 424 g/mol. The van der Waals surface area contributed by atoms with Crippen LogP contribution in [0.3, 0.4) is 0 Å². The maximum atomic E-state index is 11.4. The second-order valence-electron chi connectivity index (χ2n) is 7.68. The van der Waals surface area contributed by atoms with E-state index in [0.29, 0.717) is 18.9 Å². The Bertz CT molecular complexity index is 761. The molecule has 8 heteroatoms. The van der Waals surface area contributed by atoms with Crippen LogP contribution >= 0.6 is 0 Å². The molecule has 2 rings (SSSR count). The predicted molar refractivity (Wildman–Crippen MR) is 119 cm³/mol. The van der Waals surface area contributed by atoms with Crippen molar-refractivity contribution in [3.05, 3.63) is 29.8 Å². The molecule has 1 aliphatic rings. The number of aliphatic imine (C=N–C) groups is 1. The van der Waals surface area contributed by atoms with Crippen LogP contribution in [0.5, 0.6) is 5.75 Å². The van der Waals surface area contributed by atoms with Crippen molar-refractivity contribution in [3.8, 4) is 5.75 Å². The number of para-hydroxylation sites is 1. The number of methoxy groups -OCH3 is 1. The average molecular weight is 425 g/mol. The molecular formula is C21H36N4O3S. The van der Waals surface area contributed by atoms with Gasteiger partial charge in [0.15, 0.2) is 5.96 Å². The number of guanidine groups is 1. The fourth-order valence-electron chi connectivity index (χ4n) is 3.60. The number of nitrogens with zero attached hydrogens (tertiary/aromatic N) is 2. The van der Waals surface area contributed by atoms with Crippen LogP contribution in [0.15, 0.2) is 29.3 Å². The summed E-state index contributed by atoms with van der Waals surface area (Å²) in [6, 6.07) is 8.31. The Hall–Kier alpha value is -1.80. The van der Waals surface area contributed by atoms with Gasteiger partial charge in [-0.3, -0.25) is 9.89 Å². The summed E-state index contributed by atoms with van der Waals surface area (Å²) in [6.07, 6.45) is 4.23. The van der Waals surface area contributed by atoms with Gasteiger partial charge in [-0.2, -0.15) is 0 Å². The summed E-state index contributed by atoms with van der Waals surface area (Å²) >= 11 is 0. The highest BCUT2D eigenvalue weighted by atomic mass is 32.2. The van der Waals surface area contributed by atoms with Gasteiger partial charge in [-0.25, -0.2) is 8.42 Å². The van der Waals surface area contributed by atoms with Crippen molar-refractivity contribution in [2.45, 2.75) is 45.2 Å². The summed E-state index contributed by atoms with van der Waals surface area (Å²) < 4.78 is 28.5. The molecule has 2 atom stereocenters. The van der Waals surface area contributed by atoms with E-state index in [2.05, 4.69) is 21.6 Å². The highest BCUT2D eigenvalue weighted by molar-refractivity contribution is 7.90. The van der Waals surface area contributed by atoms with Crippen molar-refractivity contribution in [2.75, 3.05) is 45.3 Å². The first kappa shape index (κ1) is 23.5. The van der Waals surface area contributed by atoms with Crippen LogP contribution in [-0.2, 0) is 9.84 Å². The minimum absolute atomic E-state index is 0.0130. The lowest BCUT2D eigenvalue weighted by molar-refractivity contribution is 0.245. The molecule has 0 amide bonds. The summed E-state index contributed by atoms with van der Waals surface area (Å²) in [5.74, 6) is 1.77. The van der Waals surface area contributed by atoms with Crippen LogP contribution in [0, 0.1) is 0 Å². The Kier molecular flexibility index (Phi) is 9.23. The first-order chi connectivity index (χ1) is 13.8. The van der Waals surface area contributed by atoms with Gasteiger partial charge in [0, 0.05) is 24.4 Å². The van der Waals surface area contributed by atoms with Crippen LogP contribution in [0.4, 0.5) is 0 Å². The van der Waals surface area contributed by atoms with Gasteiger partial charge >= 0.3 is 0 Å². The first-order valence-electron chi connectivity index (χ1n) is 10.4. The highest BCUT2D eigenvalue weighted by Gasteiger charge is 2.25. The SMILES string of the molecule is CCNC(=NCC(c1ccccc1OC)N1CCCC1)NC(C)CCS(C)(=O)=O. The number of sulfone groups is 1. The lowest BCUT2D eigenvalue weighted by Gasteiger charge is -2.28. The standard InChI is InChI=1S/C21H36N4O3S/c1-5-22-21(24-17(2)12-15-29(4,26)27)23-16-19(25-13-8-9-14-25)18-10-6-7-11-20(18)28-3/h6-7,10-11,17,19H,5,8-9,12-16H2,1-4H3,(H2,22,23,24). The normalized spacial score (nSPS) is 17.7. The molecule has 1 fully saturated rings. The lowest BCUT2D eigenvalue weighted by atomic mass is 10.0. The van der Waals surface area contributed by atoms with E-state index in [1.165, 1.54) is 19.1 Å². The molecule has 1 aliphatic heterocycles. The van der Waals surface area contributed by atoms with Crippen molar-refractivity contribution < 1.29 is 13.2 Å². The number of nitrogens with one attached hydrogen (secondary N) is 2. The molecule has 29 heavy (non-hydrogen) atoms. The Morgan fingerprint density at radius 1 is 1.28 bits per heavy atom. The Morgan fingerprint density at radius 2 is 1.97 bits per heavy atom. The molecule has 164 valence electrons. The van der Waals surface area contributed by atoms with Crippen molar-refractivity contribution in [3.63, 3.8) is 0 Å². The Morgan fingerprint density at radius 3 is 2.59 bits per heavy atom. The Labute approximate surface area is 175 Å². The topological polar surface area (TPSA) is 83.0 Å². The van der Waals surface area contributed by atoms with E-state index < -0.39 is 9.84 Å². The van der Waals surface area contributed by atoms with E-state index in [1.54, 1.807) is 7.11 Å². The summed E-state index contributed by atoms with van der Waals surface area (Å²) in [4.78, 5) is 7.31. The van der Waals surface area contributed by atoms with E-state index in [0.717, 1.165) is 30.9 Å². The third-order valence-corrected chi connectivity index (χ3v) is 6.13. The molecule has 0 radical (unpaired) electrons. The van der Waals surface area contributed by atoms with Crippen LogP contribution in [0.1, 0.15) is 44.7 Å². The zero-order chi connectivity index (χ0) is 21.3. The number of rotatable bonds is 10. The number of hydrogen-bond acceptors (Lipinski definition) is 5. The van der Waals surface area contributed by atoms with E-state index in [9.17, 15) is 8.42 Å². The fraction of sp³-hybridized carbons (Fsp3) is 0.667. The number of ether oxygens (including phenoxy) is 1. The largest absolute Gasteiger partial charge is 0.496 e. The van der Waals surface area contributed by atoms with Crippen LogP contribution in [-0.4, -0.2) is 70.6 Å². The molecule has 0 aliphatic carbocycles. The zero-order valence-electron chi connectivity index (χ0n) is 18.1. The molecule has 0 spiro atoms. The summed E-state index contributed by atoms with van der Waals surface area (Å²) in [6.45, 7) is 7.48. The van der Waals surface area contributed by atoms with Crippen molar-refractivity contribution in [1.82, 2.24) is 15.5 Å². The molecule has 0 bridgehead atoms. The molecule has 0 saturated carbocycles. The molecule has 7 nitrogen and oxygen atoms in total. The number of benzene rings is 1. The summed E-state index contributed by atoms with van der Waals surface area (Å²) in [5.41, 5.74) is 1.15. The minimum atomic E-state index is -2.97. The third-order valence-electron chi connectivity index (χ3n) is 5.15. The van der Waals surface area contributed by atoms with Crippen LogP contribution in [0.25, 0.3) is 0 Å². The number of likely N-dealkylation sites (tertiary alicyclic amines) is 1. The van der Waals surface area contributed by atoms with E-state index >= 15 is 0 Å². The smallest absolute Gasteiger partial charge is 0.191 e. The molecule has 2 unspecified atom stereocenters. The van der Waals surface area contributed by atoms with E-state index in [-0.39, 0.29) is 17.8 Å². The van der Waals surface area contributed by atoms with Crippen molar-refractivity contribution in [1.29, 1.82) is 0 Å². The van der Waals surface area contributed by atoms with Gasteiger partial charge in [0.05, 0.1) is 25.4 Å². The molecule has 1 saturated heterocycles. The summed E-state index contributed by atoms with van der Waals surface area (Å²) in [5, 5.41) is 6.62. The van der Waals surface area contributed by atoms with E-state index in [4.69, 9.17) is 9.73 Å². The predicted octanol–water partition coefficient (Wildman–Crippen LogP) is 2.21. The highest BCUT2D eigenvalue weighted by Crippen LogP contribution is 2.31. The van der Waals surface area contributed by atoms with Gasteiger partial charge in [-0.05, 0) is 52.3 Å². The van der Waals surface area contributed by atoms with Gasteiger partial charge in [0.2, 0.25) is 0 Å². The molecule has 1 heterocycles. The van der Waals surface area contributed by atoms with Gasteiger partial charge in [-0.1, -0.05) is 18.2 Å². The minimum Gasteiger partial charge on any atom is -0.496 e. The maximum absolute atomic E-state index is 11.4. The third kappa shape index (κ3) is 7.85. The lowest BCUT2D eigenvalue weighted by Crippen LogP contribution is -2.43. The fourth-order valence-corrected chi connectivity index (χ4v) is 4.38. The molecule has 1 aromatic rings. The van der Waals surface area contributed by atoms with Gasteiger partial charge in [-0.15, -0.1) is 0 Å². The van der Waals surface area contributed by atoms with Crippen molar-refractivity contribution >= 4 is 15.8 Å². The molecule has 0 aromatic heterocycles. The van der Waals surface area contributed by atoms with Gasteiger partial charge in [0.25, 0.3) is 0 Å². The van der Waals surface area contributed by atoms with Crippen LogP contribution in [0.2, 0.25) is 0 Å². The first-order valence-corrected chi connectivity index (χ1v) is 12.5. The van der Waals surface area contributed by atoms with E-state index in [1.807, 2.05) is 32.0 Å². The van der Waals surface area contributed by atoms with Crippen molar-refractivity contribution in [2.24, 2.45) is 4.99 Å². The van der Waals surface area contributed by atoms with Crippen LogP contribution < -0.4 is 15.4 Å². The Balaban J connectivity index is 2.14. The molecule has 2 N–H and O–H groups in total. The second kappa shape index (κ2) is 11.4. The average Bonchev–Trinajstić information content (AvgIpc) is 3.21. The quantitative estimate of drug-likeness (QED) is 0.443. The van der Waals surface area contributed by atoms with Gasteiger partial charge < -0.3 is 15.4 Å². The second-order valence-corrected chi connectivity index (χ2v) is 9.94. The zero-order valence-corrected chi connectivity index (χ0v) is 19.0. The summed E-state index contributed by atoms with van der Waals surface area (Å²) in [7, 11) is -1.26. The maximum Gasteiger partial charge on any atom is 0.191 e. The molecular weight excluding hydrogens is 388 g/mol. The molecule has 1 aromatic carbocycles.